The van der Waals surface area contributed by atoms with E-state index in [1.807, 2.05) is 0 Å². The van der Waals surface area contributed by atoms with Gasteiger partial charge in [0, 0.05) is 5.88 Å². The summed E-state index contributed by atoms with van der Waals surface area (Å²) in [6.45, 7) is -0.0388. The molecular formula is C12H10ClNO5. The van der Waals surface area contributed by atoms with Gasteiger partial charge in [0.15, 0.2) is 5.76 Å². The third kappa shape index (κ3) is 2.97. The third-order valence-corrected chi connectivity index (χ3v) is 2.43. The molecule has 0 saturated carbocycles. The molecule has 1 aromatic rings. The molecule has 1 aliphatic rings. The number of esters is 1. The molecule has 7 heteroatoms. The SMILES string of the molecule is O=C1O/C(=C/CCl)C(O)=C1OCc1ccc(O)cn1. The molecule has 0 fully saturated rings. The van der Waals surface area contributed by atoms with E-state index in [0.29, 0.717) is 5.69 Å². The number of aliphatic hydroxyl groups is 1. The number of nitrogens with zero attached hydrogens (tertiary/aromatic N) is 1. The Morgan fingerprint density at radius 1 is 1.42 bits per heavy atom. The van der Waals surface area contributed by atoms with Crippen molar-refractivity contribution in [3.8, 4) is 5.75 Å². The molecule has 2 heterocycles. The number of hydrogen-bond donors (Lipinski definition) is 2. The lowest BCUT2D eigenvalue weighted by molar-refractivity contribution is -0.136. The Kier molecular flexibility index (Phi) is 3.91. The van der Waals surface area contributed by atoms with Crippen LogP contribution in [0.3, 0.4) is 0 Å². The molecule has 1 aromatic heterocycles. The van der Waals surface area contributed by atoms with Crippen molar-refractivity contribution in [3.05, 3.63) is 47.4 Å². The van der Waals surface area contributed by atoms with Gasteiger partial charge in [0.2, 0.25) is 5.76 Å². The first-order valence-electron chi connectivity index (χ1n) is 5.30. The van der Waals surface area contributed by atoms with E-state index in [0.717, 1.165) is 0 Å². The fourth-order valence-corrected chi connectivity index (χ4v) is 1.53. The van der Waals surface area contributed by atoms with Crippen LogP contribution >= 0.6 is 11.6 Å². The van der Waals surface area contributed by atoms with Crippen LogP contribution in [-0.4, -0.2) is 27.0 Å². The minimum absolute atomic E-state index is 0.0198. The predicted molar refractivity (Wildman–Crippen MR) is 65.2 cm³/mol. The van der Waals surface area contributed by atoms with Crippen molar-refractivity contribution in [2.45, 2.75) is 6.61 Å². The molecule has 100 valence electrons. The highest BCUT2D eigenvalue weighted by Gasteiger charge is 2.31. The van der Waals surface area contributed by atoms with E-state index in [4.69, 9.17) is 26.2 Å². The Bertz CT molecular complexity index is 550. The summed E-state index contributed by atoms with van der Waals surface area (Å²) in [5, 5.41) is 18.8. The first-order chi connectivity index (χ1) is 9.11. The lowest BCUT2D eigenvalue weighted by Crippen LogP contribution is -2.04. The van der Waals surface area contributed by atoms with Crippen LogP contribution in [0.25, 0.3) is 0 Å². The zero-order chi connectivity index (χ0) is 13.8. The number of carbonyl (C=O) groups is 1. The Hall–Kier alpha value is -2.21. The average molecular weight is 284 g/mol. The number of hydrogen-bond acceptors (Lipinski definition) is 6. The van der Waals surface area contributed by atoms with Gasteiger partial charge < -0.3 is 19.7 Å². The maximum atomic E-state index is 11.4. The van der Waals surface area contributed by atoms with Gasteiger partial charge in [-0.1, -0.05) is 0 Å². The number of alkyl halides is 1. The molecule has 0 saturated heterocycles. The summed E-state index contributed by atoms with van der Waals surface area (Å²) in [4.78, 5) is 15.3. The summed E-state index contributed by atoms with van der Waals surface area (Å²) in [7, 11) is 0. The molecule has 0 aromatic carbocycles. The fourth-order valence-electron chi connectivity index (χ4n) is 1.39. The summed E-state index contributed by atoms with van der Waals surface area (Å²) < 4.78 is 9.92. The van der Waals surface area contributed by atoms with Crippen LogP contribution in [-0.2, 0) is 20.9 Å². The molecule has 0 unspecified atom stereocenters. The minimum Gasteiger partial charge on any atom is -0.506 e. The second-order valence-corrected chi connectivity index (χ2v) is 3.89. The highest BCUT2D eigenvalue weighted by Crippen LogP contribution is 2.25. The van der Waals surface area contributed by atoms with Gasteiger partial charge in [0.05, 0.1) is 11.9 Å². The van der Waals surface area contributed by atoms with E-state index in [9.17, 15) is 9.90 Å². The van der Waals surface area contributed by atoms with Gasteiger partial charge >= 0.3 is 5.97 Å². The molecule has 2 rings (SSSR count). The fraction of sp³-hybridized carbons (Fsp3) is 0.167. The van der Waals surface area contributed by atoms with Crippen molar-refractivity contribution in [1.82, 2.24) is 4.98 Å². The Morgan fingerprint density at radius 3 is 2.84 bits per heavy atom. The quantitative estimate of drug-likeness (QED) is 0.646. The predicted octanol–water partition coefficient (Wildman–Crippen LogP) is 1.75. The second-order valence-electron chi connectivity index (χ2n) is 3.59. The van der Waals surface area contributed by atoms with E-state index in [2.05, 4.69) is 4.98 Å². The van der Waals surface area contributed by atoms with Crippen LogP contribution in [0.1, 0.15) is 5.69 Å². The molecule has 6 nitrogen and oxygen atoms in total. The van der Waals surface area contributed by atoms with Gasteiger partial charge in [-0.25, -0.2) is 4.79 Å². The number of allylic oxidation sites excluding steroid dienone is 1. The highest BCUT2D eigenvalue weighted by atomic mass is 35.5. The molecular weight excluding hydrogens is 274 g/mol. The molecule has 0 aliphatic carbocycles. The first kappa shape index (κ1) is 13.2. The third-order valence-electron chi connectivity index (χ3n) is 2.27. The number of halogens is 1. The summed E-state index contributed by atoms with van der Waals surface area (Å²) in [6.07, 6.45) is 2.60. The smallest absolute Gasteiger partial charge is 0.383 e. The normalized spacial score (nSPS) is 16.9. The second kappa shape index (κ2) is 5.62. The first-order valence-corrected chi connectivity index (χ1v) is 5.84. The molecule has 2 N–H and O–H groups in total. The maximum absolute atomic E-state index is 11.4. The average Bonchev–Trinajstić information content (AvgIpc) is 2.65. The monoisotopic (exact) mass is 283 g/mol. The van der Waals surface area contributed by atoms with E-state index in [1.165, 1.54) is 24.4 Å². The van der Waals surface area contributed by atoms with Crippen molar-refractivity contribution in [2.24, 2.45) is 0 Å². The lowest BCUT2D eigenvalue weighted by Gasteiger charge is -2.03. The maximum Gasteiger partial charge on any atom is 0.383 e. The zero-order valence-electron chi connectivity index (χ0n) is 9.67. The number of aliphatic hydroxyl groups excluding tert-OH is 1. The van der Waals surface area contributed by atoms with Crippen molar-refractivity contribution >= 4 is 17.6 Å². The zero-order valence-corrected chi connectivity index (χ0v) is 10.4. The van der Waals surface area contributed by atoms with Crippen LogP contribution in [0.5, 0.6) is 5.75 Å². The molecule has 0 amide bonds. The summed E-state index contributed by atoms with van der Waals surface area (Å²) in [5.41, 5.74) is 0.487. The highest BCUT2D eigenvalue weighted by molar-refractivity contribution is 6.19. The van der Waals surface area contributed by atoms with Crippen molar-refractivity contribution in [2.75, 3.05) is 5.88 Å². The summed E-state index contributed by atoms with van der Waals surface area (Å²) in [6, 6.07) is 2.97. The van der Waals surface area contributed by atoms with Crippen LogP contribution in [0.15, 0.2) is 41.7 Å². The molecule has 0 radical (unpaired) electrons. The van der Waals surface area contributed by atoms with Crippen LogP contribution in [0.2, 0.25) is 0 Å². The largest absolute Gasteiger partial charge is 0.506 e. The van der Waals surface area contributed by atoms with E-state index in [-0.39, 0.29) is 35.5 Å². The van der Waals surface area contributed by atoms with Crippen LogP contribution in [0.4, 0.5) is 0 Å². The molecule has 19 heavy (non-hydrogen) atoms. The van der Waals surface area contributed by atoms with Gasteiger partial charge in [-0.05, 0) is 18.2 Å². The van der Waals surface area contributed by atoms with Crippen molar-refractivity contribution in [1.29, 1.82) is 0 Å². The van der Waals surface area contributed by atoms with E-state index in [1.54, 1.807) is 0 Å². The topological polar surface area (TPSA) is 88.9 Å². The lowest BCUT2D eigenvalue weighted by atomic mass is 10.3. The molecule has 1 aliphatic heterocycles. The standard InChI is InChI=1S/C12H10ClNO5/c13-4-3-9-10(16)11(12(17)19-9)18-6-7-1-2-8(15)5-14-7/h1-3,5,15-16H,4,6H2/b9-3+. The number of aromatic hydroxyl groups is 1. The van der Waals surface area contributed by atoms with E-state index >= 15 is 0 Å². The van der Waals surface area contributed by atoms with Gasteiger partial charge in [-0.3, -0.25) is 4.98 Å². The Morgan fingerprint density at radius 2 is 2.21 bits per heavy atom. The number of carbonyl (C=O) groups excluding carboxylic acids is 1. The van der Waals surface area contributed by atoms with Crippen molar-refractivity contribution < 1.29 is 24.5 Å². The van der Waals surface area contributed by atoms with Gasteiger partial charge in [0.25, 0.3) is 5.76 Å². The van der Waals surface area contributed by atoms with Gasteiger partial charge in [-0.2, -0.15) is 0 Å². The van der Waals surface area contributed by atoms with Crippen LogP contribution in [0, 0.1) is 0 Å². The number of cyclic esters (lactones) is 1. The number of pyridine rings is 1. The number of aromatic nitrogens is 1. The van der Waals surface area contributed by atoms with Crippen LogP contribution < -0.4 is 0 Å². The number of ether oxygens (including phenoxy) is 2. The minimum atomic E-state index is -0.785. The Labute approximate surface area is 113 Å². The number of rotatable bonds is 4. The summed E-state index contributed by atoms with van der Waals surface area (Å²) in [5.74, 6) is -1.35. The van der Waals surface area contributed by atoms with E-state index < -0.39 is 5.97 Å². The molecule has 0 spiro atoms. The van der Waals surface area contributed by atoms with Gasteiger partial charge in [-0.15, -0.1) is 11.6 Å². The summed E-state index contributed by atoms with van der Waals surface area (Å²) >= 11 is 5.45. The molecule has 0 bridgehead atoms. The molecule has 0 atom stereocenters. The van der Waals surface area contributed by atoms with Crippen molar-refractivity contribution in [3.63, 3.8) is 0 Å². The Balaban J connectivity index is 2.08. The van der Waals surface area contributed by atoms with Gasteiger partial charge in [0.1, 0.15) is 12.4 Å².